The molecule has 0 spiro atoms. The van der Waals surface area contributed by atoms with Gasteiger partial charge in [-0.3, -0.25) is 0 Å². The quantitative estimate of drug-likeness (QED) is 0.852. The van der Waals surface area contributed by atoms with Crippen molar-refractivity contribution in [2.24, 2.45) is 11.7 Å². The van der Waals surface area contributed by atoms with Crippen LogP contribution in [0.1, 0.15) is 31.9 Å². The van der Waals surface area contributed by atoms with Crippen LogP contribution in [0.4, 0.5) is 0 Å². The summed E-state index contributed by atoms with van der Waals surface area (Å²) in [6.07, 6.45) is 1.11. The third kappa shape index (κ3) is 4.08. The number of nitrogens with two attached hydrogens (primary N) is 1. The molecule has 2 rings (SSSR count). The van der Waals surface area contributed by atoms with E-state index in [-0.39, 0.29) is 0 Å². The van der Waals surface area contributed by atoms with E-state index in [9.17, 15) is 0 Å². The smallest absolute Gasteiger partial charge is 0.119 e. The van der Waals surface area contributed by atoms with Crippen molar-refractivity contribution in [3.63, 3.8) is 0 Å². The van der Waals surface area contributed by atoms with E-state index in [1.807, 2.05) is 13.0 Å². The van der Waals surface area contributed by atoms with Crippen LogP contribution in [0, 0.1) is 5.92 Å². The van der Waals surface area contributed by atoms with Crippen LogP contribution in [0.25, 0.3) is 11.1 Å². The van der Waals surface area contributed by atoms with Crippen LogP contribution in [0.3, 0.4) is 0 Å². The van der Waals surface area contributed by atoms with E-state index in [4.69, 9.17) is 10.5 Å². The van der Waals surface area contributed by atoms with Gasteiger partial charge >= 0.3 is 0 Å². The maximum Gasteiger partial charge on any atom is 0.119 e. The SMILES string of the molecule is CCOc1ccc(CN)c(-c2ccc(CC(C)C)cc2)c1. The van der Waals surface area contributed by atoms with Crippen LogP contribution in [-0.2, 0) is 13.0 Å². The van der Waals surface area contributed by atoms with Crippen LogP contribution in [0.2, 0.25) is 0 Å². The summed E-state index contributed by atoms with van der Waals surface area (Å²) in [5.41, 5.74) is 10.8. The molecule has 0 radical (unpaired) electrons. The molecule has 0 aliphatic heterocycles. The minimum absolute atomic E-state index is 0.537. The molecule has 2 N–H and O–H groups in total. The summed E-state index contributed by atoms with van der Waals surface area (Å²) >= 11 is 0. The predicted octanol–water partition coefficient (Wildman–Crippen LogP) is 4.41. The van der Waals surface area contributed by atoms with E-state index in [0.29, 0.717) is 19.1 Å². The van der Waals surface area contributed by atoms with Crippen molar-refractivity contribution < 1.29 is 4.74 Å². The standard InChI is InChI=1S/C19H25NO/c1-4-21-18-10-9-17(13-20)19(12-18)16-7-5-15(6-8-16)11-14(2)3/h5-10,12,14H,4,11,13,20H2,1-3H3. The molecule has 0 fully saturated rings. The van der Waals surface area contributed by atoms with Crippen molar-refractivity contribution in [1.82, 2.24) is 0 Å². The number of benzene rings is 2. The van der Waals surface area contributed by atoms with E-state index in [2.05, 4.69) is 50.2 Å². The van der Waals surface area contributed by atoms with E-state index >= 15 is 0 Å². The highest BCUT2D eigenvalue weighted by Crippen LogP contribution is 2.28. The van der Waals surface area contributed by atoms with E-state index < -0.39 is 0 Å². The number of rotatable bonds is 6. The van der Waals surface area contributed by atoms with Crippen LogP contribution in [0.5, 0.6) is 5.75 Å². The molecule has 0 aromatic heterocycles. The lowest BCUT2D eigenvalue weighted by Crippen LogP contribution is -2.00. The van der Waals surface area contributed by atoms with Gasteiger partial charge in [0.1, 0.15) is 5.75 Å². The van der Waals surface area contributed by atoms with Crippen molar-refractivity contribution in [3.8, 4) is 16.9 Å². The Hall–Kier alpha value is -1.80. The molecule has 0 bridgehead atoms. The summed E-state index contributed by atoms with van der Waals surface area (Å²) in [4.78, 5) is 0. The van der Waals surface area contributed by atoms with Crippen molar-refractivity contribution in [2.75, 3.05) is 6.61 Å². The molecular weight excluding hydrogens is 258 g/mol. The second-order valence-corrected chi connectivity index (χ2v) is 5.75. The lowest BCUT2D eigenvalue weighted by Gasteiger charge is -2.12. The topological polar surface area (TPSA) is 35.2 Å². The fraction of sp³-hybridized carbons (Fsp3) is 0.368. The highest BCUT2D eigenvalue weighted by atomic mass is 16.5. The van der Waals surface area contributed by atoms with Gasteiger partial charge in [-0.05, 0) is 53.6 Å². The Balaban J connectivity index is 2.33. The Kier molecular flexibility index (Phi) is 5.40. The van der Waals surface area contributed by atoms with Crippen molar-refractivity contribution >= 4 is 0 Å². The summed E-state index contributed by atoms with van der Waals surface area (Å²) in [6.45, 7) is 7.69. The Bertz CT molecular complexity index is 573. The minimum Gasteiger partial charge on any atom is -0.494 e. The molecule has 0 unspecified atom stereocenters. The molecule has 2 heteroatoms. The van der Waals surface area contributed by atoms with Crippen LogP contribution in [-0.4, -0.2) is 6.61 Å². The molecule has 0 saturated heterocycles. The molecular formula is C19H25NO. The van der Waals surface area contributed by atoms with Crippen LogP contribution < -0.4 is 10.5 Å². The fourth-order valence-electron chi connectivity index (χ4n) is 2.55. The maximum absolute atomic E-state index is 5.87. The Morgan fingerprint density at radius 3 is 2.33 bits per heavy atom. The van der Waals surface area contributed by atoms with Gasteiger partial charge in [0.2, 0.25) is 0 Å². The minimum atomic E-state index is 0.537. The average Bonchev–Trinajstić information content (AvgIpc) is 2.48. The van der Waals surface area contributed by atoms with Gasteiger partial charge in [0, 0.05) is 6.54 Å². The van der Waals surface area contributed by atoms with Gasteiger partial charge in [-0.2, -0.15) is 0 Å². The third-order valence-corrected chi connectivity index (χ3v) is 3.52. The zero-order chi connectivity index (χ0) is 15.2. The molecule has 2 nitrogen and oxygen atoms in total. The van der Waals surface area contributed by atoms with Gasteiger partial charge in [-0.25, -0.2) is 0 Å². The van der Waals surface area contributed by atoms with Gasteiger partial charge in [-0.1, -0.05) is 44.2 Å². The van der Waals surface area contributed by atoms with Crippen LogP contribution >= 0.6 is 0 Å². The Morgan fingerprint density at radius 2 is 1.76 bits per heavy atom. The fourth-order valence-corrected chi connectivity index (χ4v) is 2.55. The highest BCUT2D eigenvalue weighted by molar-refractivity contribution is 5.69. The molecule has 0 atom stereocenters. The van der Waals surface area contributed by atoms with Crippen molar-refractivity contribution in [2.45, 2.75) is 33.7 Å². The van der Waals surface area contributed by atoms with Crippen LogP contribution in [0.15, 0.2) is 42.5 Å². The van der Waals surface area contributed by atoms with Crippen molar-refractivity contribution in [1.29, 1.82) is 0 Å². The van der Waals surface area contributed by atoms with Crippen molar-refractivity contribution in [3.05, 3.63) is 53.6 Å². The average molecular weight is 283 g/mol. The molecule has 2 aromatic rings. The van der Waals surface area contributed by atoms with Gasteiger partial charge in [0.25, 0.3) is 0 Å². The summed E-state index contributed by atoms with van der Waals surface area (Å²) in [5.74, 6) is 1.58. The molecule has 0 aliphatic rings. The first-order valence-electron chi connectivity index (χ1n) is 7.69. The summed E-state index contributed by atoms with van der Waals surface area (Å²) in [6, 6.07) is 14.9. The molecule has 0 heterocycles. The zero-order valence-corrected chi connectivity index (χ0v) is 13.2. The number of hydrogen-bond acceptors (Lipinski definition) is 2. The summed E-state index contributed by atoms with van der Waals surface area (Å²) in [5, 5.41) is 0. The van der Waals surface area contributed by atoms with Gasteiger partial charge in [-0.15, -0.1) is 0 Å². The maximum atomic E-state index is 5.87. The normalized spacial score (nSPS) is 10.9. The first-order chi connectivity index (χ1) is 10.1. The second kappa shape index (κ2) is 7.28. The largest absolute Gasteiger partial charge is 0.494 e. The lowest BCUT2D eigenvalue weighted by molar-refractivity contribution is 0.340. The second-order valence-electron chi connectivity index (χ2n) is 5.75. The predicted molar refractivity (Wildman–Crippen MR) is 89.5 cm³/mol. The molecule has 0 amide bonds. The Labute approximate surface area is 127 Å². The van der Waals surface area contributed by atoms with E-state index in [0.717, 1.165) is 17.7 Å². The lowest BCUT2D eigenvalue weighted by atomic mass is 9.96. The molecule has 0 aliphatic carbocycles. The number of hydrogen-bond donors (Lipinski definition) is 1. The first-order valence-corrected chi connectivity index (χ1v) is 7.69. The van der Waals surface area contributed by atoms with Gasteiger partial charge in [0.15, 0.2) is 0 Å². The van der Waals surface area contributed by atoms with Gasteiger partial charge in [0.05, 0.1) is 6.61 Å². The molecule has 112 valence electrons. The third-order valence-electron chi connectivity index (χ3n) is 3.52. The summed E-state index contributed by atoms with van der Waals surface area (Å²) < 4.78 is 5.60. The highest BCUT2D eigenvalue weighted by Gasteiger charge is 2.07. The Morgan fingerprint density at radius 1 is 1.05 bits per heavy atom. The molecule has 21 heavy (non-hydrogen) atoms. The summed E-state index contributed by atoms with van der Waals surface area (Å²) in [7, 11) is 0. The zero-order valence-electron chi connectivity index (χ0n) is 13.2. The first kappa shape index (κ1) is 15.6. The molecule has 0 saturated carbocycles. The monoisotopic (exact) mass is 283 g/mol. The van der Waals surface area contributed by atoms with E-state index in [1.54, 1.807) is 0 Å². The van der Waals surface area contributed by atoms with Gasteiger partial charge < -0.3 is 10.5 Å². The number of ether oxygens (including phenoxy) is 1. The molecule has 2 aromatic carbocycles. The van der Waals surface area contributed by atoms with E-state index in [1.165, 1.54) is 16.7 Å².